The second-order valence-corrected chi connectivity index (χ2v) is 8.75. The molecule has 1 fully saturated rings. The zero-order valence-electron chi connectivity index (χ0n) is 18.1. The predicted octanol–water partition coefficient (Wildman–Crippen LogP) is 5.34. The Kier molecular flexibility index (Phi) is 5.74. The summed E-state index contributed by atoms with van der Waals surface area (Å²) in [4.78, 5) is 18.4. The molecule has 1 saturated heterocycles. The van der Waals surface area contributed by atoms with E-state index in [9.17, 15) is 4.79 Å². The van der Waals surface area contributed by atoms with Gasteiger partial charge in [-0.05, 0) is 87.0 Å². The Balaban J connectivity index is 1.68. The maximum absolute atomic E-state index is 15.0. The minimum absolute atomic E-state index is 0.139. The van der Waals surface area contributed by atoms with E-state index >= 15 is 4.39 Å². The number of fused-ring (bicyclic) bond motifs is 1. The molecule has 4 rings (SSSR count). The van der Waals surface area contributed by atoms with Crippen LogP contribution in [-0.4, -0.2) is 33.7 Å². The smallest absolute Gasteiger partial charge is 0.137 e. The van der Waals surface area contributed by atoms with Crippen LogP contribution >= 0.6 is 0 Å². The maximum Gasteiger partial charge on any atom is 0.137 e. The summed E-state index contributed by atoms with van der Waals surface area (Å²) in [5.74, 6) is -0.209. The molecule has 5 heteroatoms. The van der Waals surface area contributed by atoms with Gasteiger partial charge < -0.3 is 4.79 Å². The van der Waals surface area contributed by atoms with Crippen molar-refractivity contribution in [1.82, 2.24) is 14.3 Å². The number of imidazole rings is 1. The van der Waals surface area contributed by atoms with Crippen molar-refractivity contribution in [3.8, 4) is 11.3 Å². The number of piperidine rings is 1. The van der Waals surface area contributed by atoms with Gasteiger partial charge in [0, 0.05) is 24.7 Å². The Morgan fingerprint density at radius 1 is 1.17 bits per heavy atom. The van der Waals surface area contributed by atoms with Gasteiger partial charge in [-0.25, -0.2) is 9.37 Å². The Bertz CT molecular complexity index is 1060. The standard InChI is InChI=1S/C25H30FN3O/c1-4-25(10-14-30)8-12-28(13-9-25)17-22-24(29-11-6-5-7-23(29)27-22)20-15-18(2)19(3)16-21(20)26/h5-7,11,14-16H,4,8-10,12-13,17H2,1-3H3. The number of hydrogen-bond donors (Lipinski definition) is 0. The first kappa shape index (κ1) is 20.7. The molecule has 0 aliphatic carbocycles. The van der Waals surface area contributed by atoms with E-state index in [1.165, 1.54) is 0 Å². The van der Waals surface area contributed by atoms with Crippen molar-refractivity contribution >= 4 is 11.9 Å². The van der Waals surface area contributed by atoms with E-state index in [0.29, 0.717) is 18.5 Å². The zero-order chi connectivity index (χ0) is 21.3. The van der Waals surface area contributed by atoms with Gasteiger partial charge in [-0.3, -0.25) is 9.30 Å². The Morgan fingerprint density at radius 2 is 1.90 bits per heavy atom. The summed E-state index contributed by atoms with van der Waals surface area (Å²) in [5, 5.41) is 0. The van der Waals surface area contributed by atoms with Crippen LogP contribution in [0.25, 0.3) is 16.9 Å². The number of likely N-dealkylation sites (tertiary alicyclic amines) is 1. The summed E-state index contributed by atoms with van der Waals surface area (Å²) in [6.07, 6.45) is 6.74. The molecular formula is C25H30FN3O. The lowest BCUT2D eigenvalue weighted by Crippen LogP contribution is -2.39. The molecule has 3 heterocycles. The Hall–Kier alpha value is -2.53. The highest BCUT2D eigenvalue weighted by Gasteiger charge is 2.33. The van der Waals surface area contributed by atoms with E-state index in [1.807, 2.05) is 48.7 Å². The van der Waals surface area contributed by atoms with Gasteiger partial charge >= 0.3 is 0 Å². The lowest BCUT2D eigenvalue weighted by Gasteiger charge is -2.40. The van der Waals surface area contributed by atoms with Crippen LogP contribution in [0.4, 0.5) is 4.39 Å². The van der Waals surface area contributed by atoms with E-state index in [2.05, 4.69) is 11.8 Å². The molecule has 1 aromatic carbocycles. The van der Waals surface area contributed by atoms with E-state index < -0.39 is 0 Å². The third-order valence-corrected chi connectivity index (χ3v) is 7.00. The number of aryl methyl sites for hydroxylation is 2. The fourth-order valence-corrected chi connectivity index (χ4v) is 4.68. The zero-order valence-corrected chi connectivity index (χ0v) is 18.1. The van der Waals surface area contributed by atoms with Crippen molar-refractivity contribution in [3.05, 3.63) is 59.2 Å². The summed E-state index contributed by atoms with van der Waals surface area (Å²) in [6.45, 7) is 8.69. The van der Waals surface area contributed by atoms with Crippen molar-refractivity contribution in [2.75, 3.05) is 13.1 Å². The van der Waals surface area contributed by atoms with Crippen LogP contribution in [0.3, 0.4) is 0 Å². The van der Waals surface area contributed by atoms with Crippen LogP contribution < -0.4 is 0 Å². The highest BCUT2D eigenvalue weighted by atomic mass is 19.1. The summed E-state index contributed by atoms with van der Waals surface area (Å²) >= 11 is 0. The van der Waals surface area contributed by atoms with Crippen LogP contribution in [0, 0.1) is 25.1 Å². The lowest BCUT2D eigenvalue weighted by atomic mass is 9.74. The molecular weight excluding hydrogens is 377 g/mol. The number of pyridine rings is 1. The summed E-state index contributed by atoms with van der Waals surface area (Å²) < 4.78 is 17.0. The normalized spacial score (nSPS) is 16.8. The van der Waals surface area contributed by atoms with E-state index in [4.69, 9.17) is 4.98 Å². The van der Waals surface area contributed by atoms with Gasteiger partial charge in [-0.15, -0.1) is 0 Å². The predicted molar refractivity (Wildman–Crippen MR) is 118 cm³/mol. The number of aromatic nitrogens is 2. The molecule has 3 aromatic rings. The van der Waals surface area contributed by atoms with Crippen molar-refractivity contribution < 1.29 is 9.18 Å². The molecule has 0 spiro atoms. The van der Waals surface area contributed by atoms with Crippen molar-refractivity contribution in [2.24, 2.45) is 5.41 Å². The van der Waals surface area contributed by atoms with Crippen LogP contribution in [0.15, 0.2) is 36.5 Å². The van der Waals surface area contributed by atoms with Gasteiger partial charge in [0.25, 0.3) is 0 Å². The van der Waals surface area contributed by atoms with Gasteiger partial charge in [0.2, 0.25) is 0 Å². The second-order valence-electron chi connectivity index (χ2n) is 8.75. The molecule has 1 aliphatic heterocycles. The third-order valence-electron chi connectivity index (χ3n) is 7.00. The molecule has 0 bridgehead atoms. The van der Waals surface area contributed by atoms with Crippen LogP contribution in [0.2, 0.25) is 0 Å². The number of carbonyl (C=O) groups is 1. The van der Waals surface area contributed by atoms with Gasteiger partial charge in [0.1, 0.15) is 17.8 Å². The van der Waals surface area contributed by atoms with Gasteiger partial charge in [0.15, 0.2) is 0 Å². The van der Waals surface area contributed by atoms with E-state index in [0.717, 1.165) is 66.8 Å². The molecule has 0 unspecified atom stereocenters. The molecule has 1 aliphatic rings. The summed E-state index contributed by atoms with van der Waals surface area (Å²) in [7, 11) is 0. The monoisotopic (exact) mass is 407 g/mol. The molecule has 4 nitrogen and oxygen atoms in total. The first-order valence-corrected chi connectivity index (χ1v) is 10.9. The quantitative estimate of drug-likeness (QED) is 0.518. The lowest BCUT2D eigenvalue weighted by molar-refractivity contribution is -0.110. The number of aldehydes is 1. The summed E-state index contributed by atoms with van der Waals surface area (Å²) in [6, 6.07) is 9.44. The average molecular weight is 408 g/mol. The summed E-state index contributed by atoms with van der Waals surface area (Å²) in [5.41, 5.74) is 5.35. The first-order valence-electron chi connectivity index (χ1n) is 10.9. The first-order chi connectivity index (χ1) is 14.5. The minimum Gasteiger partial charge on any atom is -0.303 e. The Labute approximate surface area is 177 Å². The average Bonchev–Trinajstić information content (AvgIpc) is 3.10. The molecule has 0 amide bonds. The SMILES string of the molecule is CCC1(CC=O)CCN(Cc2nc3ccccn3c2-c2cc(C)c(C)cc2F)CC1. The fraction of sp³-hybridized carbons (Fsp3) is 0.440. The number of hydrogen-bond acceptors (Lipinski definition) is 3. The number of nitrogens with zero attached hydrogens (tertiary/aromatic N) is 3. The maximum atomic E-state index is 15.0. The van der Waals surface area contributed by atoms with Crippen LogP contribution in [0.5, 0.6) is 0 Å². The molecule has 0 N–H and O–H groups in total. The molecule has 0 atom stereocenters. The van der Waals surface area contributed by atoms with E-state index in [-0.39, 0.29) is 11.2 Å². The van der Waals surface area contributed by atoms with Gasteiger partial charge in [0.05, 0.1) is 11.4 Å². The minimum atomic E-state index is -0.209. The van der Waals surface area contributed by atoms with Gasteiger partial charge in [-0.2, -0.15) is 0 Å². The highest BCUT2D eigenvalue weighted by molar-refractivity contribution is 5.69. The van der Waals surface area contributed by atoms with Crippen molar-refractivity contribution in [1.29, 1.82) is 0 Å². The van der Waals surface area contributed by atoms with Gasteiger partial charge in [-0.1, -0.05) is 13.0 Å². The molecule has 2 aromatic heterocycles. The topological polar surface area (TPSA) is 37.6 Å². The fourth-order valence-electron chi connectivity index (χ4n) is 4.68. The molecule has 0 saturated carbocycles. The largest absolute Gasteiger partial charge is 0.303 e. The molecule has 30 heavy (non-hydrogen) atoms. The number of halogens is 1. The number of benzene rings is 1. The molecule has 0 radical (unpaired) electrons. The highest BCUT2D eigenvalue weighted by Crippen LogP contribution is 2.38. The van der Waals surface area contributed by atoms with Crippen LogP contribution in [0.1, 0.15) is 49.4 Å². The van der Waals surface area contributed by atoms with Crippen molar-refractivity contribution in [2.45, 2.75) is 53.0 Å². The van der Waals surface area contributed by atoms with Crippen LogP contribution in [-0.2, 0) is 11.3 Å². The third kappa shape index (κ3) is 3.79. The molecule has 158 valence electrons. The second kappa shape index (κ2) is 8.31. The van der Waals surface area contributed by atoms with Crippen molar-refractivity contribution in [3.63, 3.8) is 0 Å². The number of rotatable bonds is 6. The Morgan fingerprint density at radius 3 is 2.60 bits per heavy atom. The number of carbonyl (C=O) groups excluding carboxylic acids is 1. The van der Waals surface area contributed by atoms with E-state index in [1.54, 1.807) is 6.07 Å².